The van der Waals surface area contributed by atoms with Crippen LogP contribution in [0.5, 0.6) is 0 Å². The van der Waals surface area contributed by atoms with Gasteiger partial charge in [-0.05, 0) is 20.8 Å². The maximum atomic E-state index is 11.3. The summed E-state index contributed by atoms with van der Waals surface area (Å²) in [6.45, 7) is 6.78. The van der Waals surface area contributed by atoms with Crippen LogP contribution in [-0.2, 0) is 11.3 Å². The number of morpholine rings is 1. The highest BCUT2D eigenvalue weighted by Crippen LogP contribution is 2.34. The number of aliphatic hydroxyl groups is 1. The highest BCUT2D eigenvalue weighted by atomic mass is 16.6. The van der Waals surface area contributed by atoms with Crippen LogP contribution in [0.25, 0.3) is 0 Å². The lowest BCUT2D eigenvalue weighted by Crippen LogP contribution is -2.50. The van der Waals surface area contributed by atoms with E-state index in [-0.39, 0.29) is 29.4 Å². The van der Waals surface area contributed by atoms with Crippen LogP contribution in [0.3, 0.4) is 0 Å². The lowest BCUT2D eigenvalue weighted by Gasteiger charge is -2.38. The van der Waals surface area contributed by atoms with Gasteiger partial charge in [-0.25, -0.2) is 4.68 Å². The van der Waals surface area contributed by atoms with E-state index < -0.39 is 0 Å². The minimum atomic E-state index is -0.389. The molecule has 1 aliphatic heterocycles. The van der Waals surface area contributed by atoms with Gasteiger partial charge in [0.15, 0.2) is 0 Å². The van der Waals surface area contributed by atoms with Crippen molar-refractivity contribution in [1.82, 2.24) is 9.78 Å². The van der Waals surface area contributed by atoms with Crippen molar-refractivity contribution in [3.05, 3.63) is 15.8 Å². The standard InChI is InChI=1S/C12H20N4O4/c1-4-15-12(11(16(18)19)9(3)13-15)14-5-10(6-17)20-7-8(14)2/h8,10,17H,4-7H2,1-3H3. The molecule has 0 spiro atoms. The van der Waals surface area contributed by atoms with E-state index in [4.69, 9.17) is 4.74 Å². The summed E-state index contributed by atoms with van der Waals surface area (Å²) in [5.41, 5.74) is 0.448. The Labute approximate surface area is 117 Å². The highest BCUT2D eigenvalue weighted by Gasteiger charge is 2.35. The maximum absolute atomic E-state index is 11.3. The fourth-order valence-electron chi connectivity index (χ4n) is 2.50. The average molecular weight is 284 g/mol. The van der Waals surface area contributed by atoms with Crippen LogP contribution in [0.4, 0.5) is 11.5 Å². The molecule has 1 fully saturated rings. The molecule has 1 aliphatic rings. The summed E-state index contributed by atoms with van der Waals surface area (Å²) in [7, 11) is 0. The lowest BCUT2D eigenvalue weighted by atomic mass is 10.2. The molecular formula is C12H20N4O4. The molecule has 1 N–H and O–H groups in total. The maximum Gasteiger partial charge on any atom is 0.333 e. The molecule has 1 saturated heterocycles. The Kier molecular flexibility index (Phi) is 4.24. The van der Waals surface area contributed by atoms with Crippen molar-refractivity contribution in [1.29, 1.82) is 0 Å². The van der Waals surface area contributed by atoms with Gasteiger partial charge in [-0.3, -0.25) is 10.1 Å². The van der Waals surface area contributed by atoms with Crippen LogP contribution >= 0.6 is 0 Å². The first-order valence-corrected chi connectivity index (χ1v) is 6.70. The van der Waals surface area contributed by atoms with E-state index in [0.717, 1.165) is 0 Å². The molecule has 8 nitrogen and oxygen atoms in total. The molecule has 20 heavy (non-hydrogen) atoms. The van der Waals surface area contributed by atoms with Crippen LogP contribution in [0.15, 0.2) is 0 Å². The number of aromatic nitrogens is 2. The van der Waals surface area contributed by atoms with E-state index in [1.807, 2.05) is 18.7 Å². The summed E-state index contributed by atoms with van der Waals surface area (Å²) in [6.07, 6.45) is -0.327. The van der Waals surface area contributed by atoms with Crippen LogP contribution in [-0.4, -0.2) is 51.7 Å². The van der Waals surface area contributed by atoms with Crippen LogP contribution < -0.4 is 4.90 Å². The minimum absolute atomic E-state index is 0.00194. The third-order valence-corrected chi connectivity index (χ3v) is 3.53. The van der Waals surface area contributed by atoms with Gasteiger partial charge < -0.3 is 14.7 Å². The number of aliphatic hydroxyl groups excluding tert-OH is 1. The van der Waals surface area contributed by atoms with Gasteiger partial charge in [0.1, 0.15) is 5.69 Å². The summed E-state index contributed by atoms with van der Waals surface area (Å²) in [6, 6.07) is -0.00194. The van der Waals surface area contributed by atoms with Gasteiger partial charge in [0.2, 0.25) is 5.82 Å². The molecule has 1 aromatic rings. The molecular weight excluding hydrogens is 264 g/mol. The van der Waals surface area contributed by atoms with Crippen molar-refractivity contribution in [3.63, 3.8) is 0 Å². The number of rotatable bonds is 4. The number of aryl methyl sites for hydroxylation is 2. The summed E-state index contributed by atoms with van der Waals surface area (Å²) in [5, 5.41) is 24.8. The van der Waals surface area contributed by atoms with Gasteiger partial charge in [-0.2, -0.15) is 5.10 Å². The second kappa shape index (κ2) is 5.76. The predicted octanol–water partition coefficient (Wildman–Crippen LogP) is 0.706. The van der Waals surface area contributed by atoms with E-state index >= 15 is 0 Å². The minimum Gasteiger partial charge on any atom is -0.394 e. The molecule has 0 aromatic carbocycles. The van der Waals surface area contributed by atoms with Crippen molar-refractivity contribution >= 4 is 11.5 Å². The lowest BCUT2D eigenvalue weighted by molar-refractivity contribution is -0.384. The molecule has 1 aromatic heterocycles. The second-order valence-corrected chi connectivity index (χ2v) is 4.97. The Balaban J connectivity index is 2.46. The normalized spacial score (nSPS) is 23.1. The Morgan fingerprint density at radius 3 is 2.85 bits per heavy atom. The molecule has 8 heteroatoms. The van der Waals surface area contributed by atoms with E-state index in [9.17, 15) is 15.2 Å². The fourth-order valence-corrected chi connectivity index (χ4v) is 2.50. The first-order valence-electron chi connectivity index (χ1n) is 6.70. The monoisotopic (exact) mass is 284 g/mol. The first kappa shape index (κ1) is 14.7. The van der Waals surface area contributed by atoms with Crippen LogP contribution in [0, 0.1) is 17.0 Å². The number of ether oxygens (including phenoxy) is 1. The van der Waals surface area contributed by atoms with Crippen molar-refractivity contribution < 1.29 is 14.8 Å². The van der Waals surface area contributed by atoms with Gasteiger partial charge in [0.05, 0.1) is 30.3 Å². The summed E-state index contributed by atoms with van der Waals surface area (Å²) in [4.78, 5) is 12.8. The van der Waals surface area contributed by atoms with Crippen molar-refractivity contribution in [2.45, 2.75) is 39.5 Å². The van der Waals surface area contributed by atoms with Gasteiger partial charge in [0.25, 0.3) is 0 Å². The molecule has 0 amide bonds. The van der Waals surface area contributed by atoms with Crippen molar-refractivity contribution in [2.24, 2.45) is 0 Å². The SMILES string of the molecule is CCn1nc(C)c([N+](=O)[O-])c1N1CC(CO)OCC1C. The van der Waals surface area contributed by atoms with Gasteiger partial charge in [0, 0.05) is 13.1 Å². The topological polar surface area (TPSA) is 93.7 Å². The summed E-state index contributed by atoms with van der Waals surface area (Å²) in [5.74, 6) is 0.504. The fraction of sp³-hybridized carbons (Fsp3) is 0.750. The number of hydrogen-bond donors (Lipinski definition) is 1. The predicted molar refractivity (Wildman–Crippen MR) is 72.9 cm³/mol. The number of nitrogens with zero attached hydrogens (tertiary/aromatic N) is 4. The zero-order chi connectivity index (χ0) is 14.9. The van der Waals surface area contributed by atoms with E-state index in [0.29, 0.717) is 31.2 Å². The molecule has 2 heterocycles. The molecule has 0 bridgehead atoms. The molecule has 0 radical (unpaired) electrons. The Morgan fingerprint density at radius 2 is 2.30 bits per heavy atom. The second-order valence-electron chi connectivity index (χ2n) is 4.97. The van der Waals surface area contributed by atoms with Gasteiger partial charge >= 0.3 is 5.69 Å². The summed E-state index contributed by atoms with van der Waals surface area (Å²) < 4.78 is 7.12. The van der Waals surface area contributed by atoms with Crippen LogP contribution in [0.1, 0.15) is 19.5 Å². The molecule has 112 valence electrons. The first-order chi connectivity index (χ1) is 9.49. The van der Waals surface area contributed by atoms with Crippen LogP contribution in [0.2, 0.25) is 0 Å². The molecule has 2 unspecified atom stereocenters. The molecule has 2 rings (SSSR count). The Morgan fingerprint density at radius 1 is 1.60 bits per heavy atom. The molecule has 0 saturated carbocycles. The van der Waals surface area contributed by atoms with E-state index in [1.54, 1.807) is 11.6 Å². The van der Waals surface area contributed by atoms with E-state index in [1.165, 1.54) is 0 Å². The van der Waals surface area contributed by atoms with Crippen molar-refractivity contribution in [2.75, 3.05) is 24.7 Å². The Bertz CT molecular complexity index is 502. The molecule has 2 atom stereocenters. The smallest absolute Gasteiger partial charge is 0.333 e. The number of anilines is 1. The highest BCUT2D eigenvalue weighted by molar-refractivity contribution is 5.62. The van der Waals surface area contributed by atoms with E-state index in [2.05, 4.69) is 5.10 Å². The third-order valence-electron chi connectivity index (χ3n) is 3.53. The third kappa shape index (κ3) is 2.48. The number of nitro groups is 1. The number of hydrogen-bond acceptors (Lipinski definition) is 6. The Hall–Kier alpha value is -1.67. The largest absolute Gasteiger partial charge is 0.394 e. The summed E-state index contributed by atoms with van der Waals surface area (Å²) >= 11 is 0. The zero-order valence-corrected chi connectivity index (χ0v) is 11.9. The van der Waals surface area contributed by atoms with Gasteiger partial charge in [-0.15, -0.1) is 0 Å². The average Bonchev–Trinajstić information content (AvgIpc) is 2.76. The molecule has 0 aliphatic carbocycles. The van der Waals surface area contributed by atoms with Gasteiger partial charge in [-0.1, -0.05) is 0 Å². The van der Waals surface area contributed by atoms with Crippen molar-refractivity contribution in [3.8, 4) is 0 Å². The quantitative estimate of drug-likeness (QED) is 0.646. The zero-order valence-electron chi connectivity index (χ0n) is 11.9.